The first-order chi connectivity index (χ1) is 10.3. The number of benzene rings is 1. The number of pyridine rings is 1. The zero-order chi connectivity index (χ0) is 14.2. The number of hydrogen-bond donors (Lipinski definition) is 2. The number of halogens is 1. The summed E-state index contributed by atoms with van der Waals surface area (Å²) >= 11 is 7.46. The van der Waals surface area contributed by atoms with E-state index < -0.39 is 0 Å². The summed E-state index contributed by atoms with van der Waals surface area (Å²) in [4.78, 5) is 7.45. The Kier molecular flexibility index (Phi) is 2.98. The minimum atomic E-state index is 0.641. The third kappa shape index (κ3) is 2.12. The number of hydrogen-bond acceptors (Lipinski definition) is 5. The molecule has 2 N–H and O–H groups in total. The van der Waals surface area contributed by atoms with Gasteiger partial charge in [-0.3, -0.25) is 0 Å². The highest BCUT2D eigenvalue weighted by atomic mass is 35.5. The molecule has 5 nitrogen and oxygen atoms in total. The minimum absolute atomic E-state index is 0.641. The molecular weight excluding hydrogens is 306 g/mol. The summed E-state index contributed by atoms with van der Waals surface area (Å²) in [5.74, 6) is 0. The highest BCUT2D eigenvalue weighted by molar-refractivity contribution is 7.00. The van der Waals surface area contributed by atoms with Gasteiger partial charge >= 0.3 is 0 Å². The molecule has 0 saturated heterocycles. The largest absolute Gasteiger partial charge is 0.378 e. The summed E-state index contributed by atoms with van der Waals surface area (Å²) in [5, 5.41) is 5.11. The molecule has 4 aromatic rings. The first kappa shape index (κ1) is 12.6. The molecule has 0 aliphatic carbocycles. The standard InChI is InChI=1S/C14H10ClN5S/c15-10-3-4-11-13(20-21-19-11)12(10)17-6-8-7-18-14-9(8)2-1-5-16-14/h1-5,7,17H,6H2,(H,16,18). The second-order valence-corrected chi connectivity index (χ2v) is 5.56. The van der Waals surface area contributed by atoms with Crippen LogP contribution in [0.2, 0.25) is 5.02 Å². The van der Waals surface area contributed by atoms with E-state index in [1.54, 1.807) is 6.20 Å². The summed E-state index contributed by atoms with van der Waals surface area (Å²) in [5.41, 5.74) is 4.50. The molecule has 0 aliphatic rings. The van der Waals surface area contributed by atoms with E-state index in [1.807, 2.05) is 30.5 Å². The van der Waals surface area contributed by atoms with E-state index in [4.69, 9.17) is 11.6 Å². The van der Waals surface area contributed by atoms with Crippen molar-refractivity contribution in [3.63, 3.8) is 0 Å². The highest BCUT2D eigenvalue weighted by Crippen LogP contribution is 2.30. The van der Waals surface area contributed by atoms with Gasteiger partial charge in [0.25, 0.3) is 0 Å². The number of aromatic amines is 1. The van der Waals surface area contributed by atoms with Crippen molar-refractivity contribution < 1.29 is 0 Å². The summed E-state index contributed by atoms with van der Waals surface area (Å²) in [6, 6.07) is 7.69. The zero-order valence-corrected chi connectivity index (χ0v) is 12.4. The second-order valence-electron chi connectivity index (χ2n) is 4.62. The van der Waals surface area contributed by atoms with Crippen LogP contribution in [0.3, 0.4) is 0 Å². The molecule has 0 fully saturated rings. The molecule has 0 saturated carbocycles. The number of fused-ring (bicyclic) bond motifs is 2. The van der Waals surface area contributed by atoms with Crippen LogP contribution < -0.4 is 5.32 Å². The predicted octanol–water partition coefficient (Wildman–Crippen LogP) is 3.83. The number of H-pyrrole nitrogens is 1. The molecule has 0 bridgehead atoms. The molecule has 3 aromatic heterocycles. The Morgan fingerprint density at radius 1 is 1.24 bits per heavy atom. The van der Waals surface area contributed by atoms with E-state index in [0.29, 0.717) is 11.6 Å². The van der Waals surface area contributed by atoms with Crippen molar-refractivity contribution in [2.45, 2.75) is 6.54 Å². The van der Waals surface area contributed by atoms with Gasteiger partial charge in [0.05, 0.1) is 22.4 Å². The first-order valence-electron chi connectivity index (χ1n) is 6.38. The average Bonchev–Trinajstić information content (AvgIpc) is 3.13. The molecule has 0 atom stereocenters. The van der Waals surface area contributed by atoms with Crippen LogP contribution in [0.5, 0.6) is 0 Å². The lowest BCUT2D eigenvalue weighted by Crippen LogP contribution is -2.00. The van der Waals surface area contributed by atoms with Crippen molar-refractivity contribution in [3.05, 3.63) is 47.2 Å². The molecule has 104 valence electrons. The number of anilines is 1. The molecule has 3 heterocycles. The Morgan fingerprint density at radius 2 is 2.19 bits per heavy atom. The second kappa shape index (κ2) is 4.98. The van der Waals surface area contributed by atoms with Crippen LogP contribution in [0.15, 0.2) is 36.7 Å². The van der Waals surface area contributed by atoms with Gasteiger partial charge < -0.3 is 10.3 Å². The SMILES string of the molecule is Clc1ccc2nsnc2c1NCc1c[nH]c2ncccc12. The smallest absolute Gasteiger partial charge is 0.137 e. The Hall–Kier alpha value is -2.18. The van der Waals surface area contributed by atoms with Crippen molar-refractivity contribution in [1.29, 1.82) is 0 Å². The maximum absolute atomic E-state index is 6.27. The van der Waals surface area contributed by atoms with Gasteiger partial charge in [0.15, 0.2) is 0 Å². The van der Waals surface area contributed by atoms with Crippen LogP contribution in [0.4, 0.5) is 5.69 Å². The maximum atomic E-state index is 6.27. The van der Waals surface area contributed by atoms with Gasteiger partial charge in [0, 0.05) is 24.3 Å². The van der Waals surface area contributed by atoms with Gasteiger partial charge in [-0.15, -0.1) is 0 Å². The highest BCUT2D eigenvalue weighted by Gasteiger charge is 2.11. The molecule has 0 aliphatic heterocycles. The zero-order valence-electron chi connectivity index (χ0n) is 10.8. The van der Waals surface area contributed by atoms with Gasteiger partial charge in [-0.05, 0) is 29.8 Å². The normalized spacial score (nSPS) is 11.3. The molecule has 0 amide bonds. The molecule has 4 rings (SSSR count). The molecule has 0 unspecified atom stereocenters. The average molecular weight is 316 g/mol. The molecular formula is C14H10ClN5S. The quantitative estimate of drug-likeness (QED) is 0.603. The molecule has 7 heteroatoms. The lowest BCUT2D eigenvalue weighted by atomic mass is 10.2. The van der Waals surface area contributed by atoms with Crippen molar-refractivity contribution in [2.75, 3.05) is 5.32 Å². The lowest BCUT2D eigenvalue weighted by molar-refractivity contribution is 1.17. The molecule has 1 aromatic carbocycles. The Morgan fingerprint density at radius 3 is 3.14 bits per heavy atom. The molecule has 21 heavy (non-hydrogen) atoms. The minimum Gasteiger partial charge on any atom is -0.378 e. The summed E-state index contributed by atoms with van der Waals surface area (Å²) in [6.45, 7) is 0.641. The summed E-state index contributed by atoms with van der Waals surface area (Å²) in [6.07, 6.45) is 3.73. The van der Waals surface area contributed by atoms with Crippen LogP contribution in [0.1, 0.15) is 5.56 Å². The van der Waals surface area contributed by atoms with Gasteiger partial charge in [-0.1, -0.05) is 11.6 Å². The van der Waals surface area contributed by atoms with Crippen LogP contribution in [-0.4, -0.2) is 18.7 Å². The Balaban J connectivity index is 1.69. The van der Waals surface area contributed by atoms with E-state index >= 15 is 0 Å². The van der Waals surface area contributed by atoms with Crippen molar-refractivity contribution in [3.8, 4) is 0 Å². The van der Waals surface area contributed by atoms with Crippen molar-refractivity contribution in [2.24, 2.45) is 0 Å². The van der Waals surface area contributed by atoms with Crippen LogP contribution in [-0.2, 0) is 6.54 Å². The summed E-state index contributed by atoms with van der Waals surface area (Å²) in [7, 11) is 0. The van der Waals surface area contributed by atoms with Crippen LogP contribution in [0, 0.1) is 0 Å². The number of nitrogens with zero attached hydrogens (tertiary/aromatic N) is 3. The van der Waals surface area contributed by atoms with Gasteiger partial charge in [0.2, 0.25) is 0 Å². The third-order valence-corrected chi connectivity index (χ3v) is 4.23. The number of nitrogens with one attached hydrogen (secondary N) is 2. The van der Waals surface area contributed by atoms with E-state index in [1.165, 1.54) is 11.7 Å². The fourth-order valence-electron chi connectivity index (χ4n) is 2.34. The van der Waals surface area contributed by atoms with E-state index in [0.717, 1.165) is 33.3 Å². The lowest BCUT2D eigenvalue weighted by Gasteiger charge is -2.08. The van der Waals surface area contributed by atoms with Gasteiger partial charge in [-0.2, -0.15) is 8.75 Å². The van der Waals surface area contributed by atoms with E-state index in [2.05, 4.69) is 24.0 Å². The Labute approximate surface area is 129 Å². The van der Waals surface area contributed by atoms with Crippen LogP contribution in [0.25, 0.3) is 22.1 Å². The first-order valence-corrected chi connectivity index (χ1v) is 7.49. The number of aromatic nitrogens is 4. The van der Waals surface area contributed by atoms with E-state index in [9.17, 15) is 0 Å². The predicted molar refractivity (Wildman–Crippen MR) is 85.8 cm³/mol. The monoisotopic (exact) mass is 315 g/mol. The van der Waals surface area contributed by atoms with Gasteiger partial charge in [0.1, 0.15) is 16.7 Å². The Bertz CT molecular complexity index is 929. The molecule has 0 spiro atoms. The van der Waals surface area contributed by atoms with Crippen molar-refractivity contribution >= 4 is 51.1 Å². The van der Waals surface area contributed by atoms with E-state index in [-0.39, 0.29) is 0 Å². The summed E-state index contributed by atoms with van der Waals surface area (Å²) < 4.78 is 8.54. The number of rotatable bonds is 3. The fraction of sp³-hybridized carbons (Fsp3) is 0.0714. The van der Waals surface area contributed by atoms with Crippen LogP contribution >= 0.6 is 23.3 Å². The van der Waals surface area contributed by atoms with Crippen molar-refractivity contribution in [1.82, 2.24) is 18.7 Å². The van der Waals surface area contributed by atoms with Gasteiger partial charge in [-0.25, -0.2) is 4.98 Å². The molecule has 0 radical (unpaired) electrons. The maximum Gasteiger partial charge on any atom is 0.137 e. The topological polar surface area (TPSA) is 66.5 Å². The fourth-order valence-corrected chi connectivity index (χ4v) is 3.10. The third-order valence-electron chi connectivity index (χ3n) is 3.37.